The Morgan fingerprint density at radius 3 is 2.80 bits per heavy atom. The first-order valence-electron chi connectivity index (χ1n) is 14.6. The lowest BCUT2D eigenvalue weighted by atomic mass is 9.94. The van der Waals surface area contributed by atoms with E-state index in [9.17, 15) is 0 Å². The summed E-state index contributed by atoms with van der Waals surface area (Å²) in [7, 11) is 0. The third kappa shape index (κ3) is 4.78. The molecule has 41 heavy (non-hydrogen) atoms. The van der Waals surface area contributed by atoms with Crippen molar-refractivity contribution in [2.45, 2.75) is 44.2 Å². The van der Waals surface area contributed by atoms with E-state index in [-0.39, 0.29) is 0 Å². The zero-order chi connectivity index (χ0) is 27.2. The molecule has 2 N–H and O–H groups in total. The molecule has 2 atom stereocenters. The monoisotopic (exact) mass is 544 g/mol. The Balaban J connectivity index is 1.13. The third-order valence-corrected chi connectivity index (χ3v) is 8.60. The quantitative estimate of drug-likeness (QED) is 0.305. The van der Waals surface area contributed by atoms with E-state index in [1.807, 2.05) is 47.4 Å². The van der Waals surface area contributed by atoms with Crippen LogP contribution in [0.3, 0.4) is 0 Å². The normalized spacial score (nSPS) is 20.3. The highest BCUT2D eigenvalue weighted by atomic mass is 15.4. The van der Waals surface area contributed by atoms with Gasteiger partial charge in [0, 0.05) is 35.9 Å². The van der Waals surface area contributed by atoms with Crippen molar-refractivity contribution in [1.29, 1.82) is 0 Å². The fraction of sp³-hybridized carbons (Fsp3) is 0.355. The van der Waals surface area contributed by atoms with Gasteiger partial charge in [0.1, 0.15) is 18.0 Å². The minimum atomic E-state index is 0.498. The molecule has 8 rings (SSSR count). The van der Waals surface area contributed by atoms with Gasteiger partial charge in [0.05, 0.1) is 18.3 Å². The van der Waals surface area contributed by atoms with Gasteiger partial charge < -0.3 is 15.5 Å². The number of anilines is 3. The summed E-state index contributed by atoms with van der Waals surface area (Å²) < 4.78 is 1.81. The highest BCUT2D eigenvalue weighted by molar-refractivity contribution is 5.94. The topological polar surface area (TPSA) is 110 Å². The van der Waals surface area contributed by atoms with Crippen LogP contribution in [0.25, 0.3) is 22.3 Å². The number of hydrogen-bond acceptors (Lipinski definition) is 9. The first-order valence-corrected chi connectivity index (χ1v) is 14.6. The Hall–Kier alpha value is -4.44. The molecule has 10 nitrogen and oxygen atoms in total. The van der Waals surface area contributed by atoms with E-state index in [1.165, 1.54) is 35.8 Å². The van der Waals surface area contributed by atoms with E-state index >= 15 is 0 Å². The van der Waals surface area contributed by atoms with E-state index in [2.05, 4.69) is 47.7 Å². The Labute approximate surface area is 238 Å². The van der Waals surface area contributed by atoms with E-state index in [1.54, 1.807) is 12.5 Å². The van der Waals surface area contributed by atoms with Crippen molar-refractivity contribution in [3.05, 3.63) is 78.5 Å². The number of nitrogens with zero attached hydrogens (tertiary/aromatic N) is 8. The molecule has 5 aromatic rings. The zero-order valence-electron chi connectivity index (χ0n) is 22.8. The van der Waals surface area contributed by atoms with Crippen LogP contribution in [-0.4, -0.2) is 60.4 Å². The van der Waals surface area contributed by atoms with Gasteiger partial charge in [-0.05, 0) is 73.9 Å². The SMILES string of the molecule is c1ccc(Cn2cnc(Nc3cc(-c4nc(N5CCC6CNCCC65)c5c(C6CC6)cncc5n4)ccn3)n2)cc1. The number of piperidine rings is 1. The van der Waals surface area contributed by atoms with Crippen LogP contribution in [0.15, 0.2) is 67.4 Å². The summed E-state index contributed by atoms with van der Waals surface area (Å²) in [5.74, 6) is 4.13. The molecule has 0 radical (unpaired) electrons. The fourth-order valence-electron chi connectivity index (χ4n) is 6.43. The lowest BCUT2D eigenvalue weighted by Crippen LogP contribution is -2.44. The maximum absolute atomic E-state index is 5.29. The number of fused-ring (bicyclic) bond motifs is 2. The fourth-order valence-corrected chi connectivity index (χ4v) is 6.43. The molecule has 4 aromatic heterocycles. The van der Waals surface area contributed by atoms with Gasteiger partial charge in [0.25, 0.3) is 0 Å². The first-order chi connectivity index (χ1) is 20.3. The minimum absolute atomic E-state index is 0.498. The number of aromatic nitrogens is 7. The van der Waals surface area contributed by atoms with Gasteiger partial charge in [0.2, 0.25) is 5.95 Å². The molecule has 10 heteroatoms. The second-order valence-corrected chi connectivity index (χ2v) is 11.4. The van der Waals surface area contributed by atoms with Crippen LogP contribution in [-0.2, 0) is 6.54 Å². The number of rotatable bonds is 7. The molecule has 6 heterocycles. The van der Waals surface area contributed by atoms with Crippen molar-refractivity contribution in [3.8, 4) is 11.4 Å². The first kappa shape index (κ1) is 24.4. The smallest absolute Gasteiger partial charge is 0.247 e. The largest absolute Gasteiger partial charge is 0.353 e. The standard InChI is InChI=1S/C31H32N10/c1-2-4-20(5-3-1)18-40-19-35-31(39-40)37-27-14-22(8-12-34-27)29-36-25-17-33-16-24(21-6-7-21)28(25)30(38-29)41-13-10-23-15-32-11-9-26(23)41/h1-5,8,12,14,16-17,19,21,23,26,32H,6-7,9-11,13,15,18H2,(H,34,37,39). The highest BCUT2D eigenvalue weighted by Gasteiger charge is 2.38. The van der Waals surface area contributed by atoms with E-state index in [0.29, 0.717) is 42.0 Å². The molecular weight excluding hydrogens is 512 g/mol. The van der Waals surface area contributed by atoms with Crippen LogP contribution in [0, 0.1) is 5.92 Å². The van der Waals surface area contributed by atoms with Crippen molar-refractivity contribution in [1.82, 2.24) is 40.0 Å². The molecule has 2 unspecified atom stereocenters. The summed E-state index contributed by atoms with van der Waals surface area (Å²) >= 11 is 0. The van der Waals surface area contributed by atoms with Crippen molar-refractivity contribution in [2.24, 2.45) is 5.92 Å². The minimum Gasteiger partial charge on any atom is -0.353 e. The Morgan fingerprint density at radius 2 is 1.90 bits per heavy atom. The summed E-state index contributed by atoms with van der Waals surface area (Å²) in [6.45, 7) is 3.82. The van der Waals surface area contributed by atoms with Gasteiger partial charge in [-0.25, -0.2) is 24.6 Å². The molecule has 206 valence electrons. The van der Waals surface area contributed by atoms with Crippen LogP contribution < -0.4 is 15.5 Å². The van der Waals surface area contributed by atoms with E-state index < -0.39 is 0 Å². The molecule has 0 spiro atoms. The highest BCUT2D eigenvalue weighted by Crippen LogP contribution is 2.46. The maximum Gasteiger partial charge on any atom is 0.247 e. The van der Waals surface area contributed by atoms with Gasteiger partial charge in [-0.3, -0.25) is 4.98 Å². The lowest BCUT2D eigenvalue weighted by molar-refractivity contribution is 0.360. The van der Waals surface area contributed by atoms with Gasteiger partial charge in [0.15, 0.2) is 5.82 Å². The summed E-state index contributed by atoms with van der Waals surface area (Å²) in [5.41, 5.74) is 4.28. The average Bonchev–Trinajstić information content (AvgIpc) is 3.63. The van der Waals surface area contributed by atoms with Crippen LogP contribution >= 0.6 is 0 Å². The number of benzene rings is 1. The Kier molecular flexibility index (Phi) is 6.06. The number of hydrogen-bond donors (Lipinski definition) is 2. The van der Waals surface area contributed by atoms with Crippen LogP contribution in [0.4, 0.5) is 17.6 Å². The summed E-state index contributed by atoms with van der Waals surface area (Å²) in [4.78, 5) is 26.5. The molecule has 1 aromatic carbocycles. The van der Waals surface area contributed by atoms with Gasteiger partial charge in [-0.1, -0.05) is 30.3 Å². The molecule has 1 saturated carbocycles. The van der Waals surface area contributed by atoms with Crippen molar-refractivity contribution >= 4 is 28.5 Å². The van der Waals surface area contributed by atoms with E-state index in [4.69, 9.17) is 9.97 Å². The molecule has 2 saturated heterocycles. The maximum atomic E-state index is 5.29. The summed E-state index contributed by atoms with van der Waals surface area (Å²) in [5, 5.41) is 12.6. The molecular formula is C31H32N10. The summed E-state index contributed by atoms with van der Waals surface area (Å²) in [6.07, 6.45) is 12.2. The average molecular weight is 545 g/mol. The predicted molar refractivity (Wildman–Crippen MR) is 158 cm³/mol. The summed E-state index contributed by atoms with van der Waals surface area (Å²) in [6, 6.07) is 14.7. The lowest BCUT2D eigenvalue weighted by Gasteiger charge is -2.33. The molecule has 1 aliphatic carbocycles. The number of nitrogens with one attached hydrogen (secondary N) is 2. The molecule has 0 amide bonds. The Morgan fingerprint density at radius 1 is 0.976 bits per heavy atom. The van der Waals surface area contributed by atoms with Crippen molar-refractivity contribution in [2.75, 3.05) is 29.9 Å². The van der Waals surface area contributed by atoms with Crippen molar-refractivity contribution in [3.63, 3.8) is 0 Å². The van der Waals surface area contributed by atoms with Crippen molar-refractivity contribution < 1.29 is 0 Å². The molecule has 2 aliphatic heterocycles. The zero-order valence-corrected chi connectivity index (χ0v) is 22.8. The van der Waals surface area contributed by atoms with Gasteiger partial charge in [-0.15, -0.1) is 5.10 Å². The number of pyridine rings is 2. The third-order valence-electron chi connectivity index (χ3n) is 8.60. The second-order valence-electron chi connectivity index (χ2n) is 11.4. The molecule has 0 bridgehead atoms. The van der Waals surface area contributed by atoms with E-state index in [0.717, 1.165) is 43.0 Å². The van der Waals surface area contributed by atoms with Crippen LogP contribution in [0.2, 0.25) is 0 Å². The van der Waals surface area contributed by atoms with Gasteiger partial charge in [-0.2, -0.15) is 0 Å². The molecule has 3 aliphatic rings. The Bertz CT molecular complexity index is 1700. The van der Waals surface area contributed by atoms with Gasteiger partial charge >= 0.3 is 0 Å². The predicted octanol–water partition coefficient (Wildman–Crippen LogP) is 4.54. The molecule has 3 fully saturated rings. The second kappa shape index (κ2) is 10.2. The van der Waals surface area contributed by atoms with Crippen LogP contribution in [0.1, 0.15) is 42.7 Å². The van der Waals surface area contributed by atoms with Crippen LogP contribution in [0.5, 0.6) is 0 Å².